The number of nitrogens with zero attached hydrogens (tertiary/aromatic N) is 2. The van der Waals surface area contributed by atoms with Crippen molar-refractivity contribution in [2.45, 2.75) is 0 Å². The maximum atomic E-state index is 4.49. The molecule has 2 aromatic heterocycles. The molecule has 2 heterocycles. The van der Waals surface area contributed by atoms with E-state index in [1.54, 1.807) is 0 Å². The van der Waals surface area contributed by atoms with Crippen LogP contribution in [-0.2, 0) is 0 Å². The van der Waals surface area contributed by atoms with Crippen LogP contribution in [0.25, 0.3) is 60.2 Å². The number of aromatic nitrogens is 2. The Kier molecular flexibility index (Phi) is 3.88. The molecule has 0 spiro atoms. The van der Waals surface area contributed by atoms with Crippen molar-refractivity contribution in [2.75, 3.05) is 0 Å². The van der Waals surface area contributed by atoms with Crippen molar-refractivity contribution >= 4 is 43.4 Å². The number of hydrogen-bond donors (Lipinski definition) is 0. The molecule has 0 aliphatic rings. The van der Waals surface area contributed by atoms with Crippen LogP contribution in [0.1, 0.15) is 0 Å². The van der Waals surface area contributed by atoms with Gasteiger partial charge in [-0.3, -0.25) is 4.98 Å². The number of hydrogen-bond acceptors (Lipinski definition) is 1. The predicted octanol–water partition coefficient (Wildman–Crippen LogP) is 8.15. The van der Waals surface area contributed by atoms with Gasteiger partial charge >= 0.3 is 0 Å². The Hall–Kier alpha value is -4.43. The summed E-state index contributed by atoms with van der Waals surface area (Å²) in [4.78, 5) is 4.49. The first-order valence-electron chi connectivity index (χ1n) is 11.2. The van der Waals surface area contributed by atoms with Crippen LogP contribution in [0.5, 0.6) is 0 Å². The first kappa shape index (κ1) is 18.2. The molecule has 0 fully saturated rings. The average Bonchev–Trinajstić information content (AvgIpc) is 3.21. The number of fused-ring (bicyclic) bond motifs is 6. The van der Waals surface area contributed by atoms with Crippen molar-refractivity contribution in [3.8, 4) is 16.8 Å². The molecule has 33 heavy (non-hydrogen) atoms. The van der Waals surface area contributed by atoms with E-state index < -0.39 is 0 Å². The molecule has 154 valence electrons. The van der Waals surface area contributed by atoms with Gasteiger partial charge in [-0.15, -0.1) is 0 Å². The van der Waals surface area contributed by atoms with Crippen molar-refractivity contribution in [3.05, 3.63) is 122 Å². The third-order valence-electron chi connectivity index (χ3n) is 6.64. The Balaban J connectivity index is 1.67. The Morgan fingerprint density at radius 3 is 2.12 bits per heavy atom. The van der Waals surface area contributed by atoms with Gasteiger partial charge in [0.15, 0.2) is 0 Å². The van der Waals surface area contributed by atoms with Gasteiger partial charge in [0, 0.05) is 34.2 Å². The normalized spacial score (nSPS) is 11.6. The molecule has 0 saturated heterocycles. The van der Waals surface area contributed by atoms with E-state index >= 15 is 0 Å². The summed E-state index contributed by atoms with van der Waals surface area (Å²) in [6, 6.07) is 39.1. The molecule has 2 nitrogen and oxygen atoms in total. The van der Waals surface area contributed by atoms with Gasteiger partial charge in [-0.2, -0.15) is 0 Å². The fraction of sp³-hybridized carbons (Fsp3) is 0. The van der Waals surface area contributed by atoms with E-state index in [4.69, 9.17) is 0 Å². The molecular weight excluding hydrogens is 400 g/mol. The molecule has 0 atom stereocenters. The SMILES string of the molecule is c1ccc(-c2cc3cc4c(cc3c3cnccc23)c2ccccc2n4-c2ccccc2)cc1. The lowest BCUT2D eigenvalue weighted by molar-refractivity contribution is 1.18. The predicted molar refractivity (Wildman–Crippen MR) is 139 cm³/mol. The largest absolute Gasteiger partial charge is 0.309 e. The molecule has 0 saturated carbocycles. The van der Waals surface area contributed by atoms with E-state index in [1.165, 1.54) is 60.2 Å². The van der Waals surface area contributed by atoms with Crippen LogP contribution in [0.15, 0.2) is 122 Å². The van der Waals surface area contributed by atoms with Crippen LogP contribution in [0.2, 0.25) is 0 Å². The summed E-state index contributed by atoms with van der Waals surface area (Å²) in [5, 5.41) is 7.41. The molecule has 0 unspecified atom stereocenters. The molecule has 0 bridgehead atoms. The molecule has 7 aromatic rings. The van der Waals surface area contributed by atoms with Gasteiger partial charge in [0.05, 0.1) is 11.0 Å². The van der Waals surface area contributed by atoms with E-state index in [0.717, 1.165) is 0 Å². The highest BCUT2D eigenvalue weighted by atomic mass is 15.0. The standard InChI is InChI=1S/C31H20N2/c1-3-9-21(10-4-1)26-17-22-18-31-28(19-27(22)29-20-32-16-15-24(26)29)25-13-7-8-14-30(25)33(31)23-11-5-2-6-12-23/h1-20H. The summed E-state index contributed by atoms with van der Waals surface area (Å²) in [6.07, 6.45) is 3.90. The van der Waals surface area contributed by atoms with E-state index in [2.05, 4.69) is 119 Å². The smallest absolute Gasteiger partial charge is 0.0547 e. The van der Waals surface area contributed by atoms with Gasteiger partial charge in [0.25, 0.3) is 0 Å². The van der Waals surface area contributed by atoms with Gasteiger partial charge < -0.3 is 4.57 Å². The zero-order valence-electron chi connectivity index (χ0n) is 17.9. The van der Waals surface area contributed by atoms with Crippen LogP contribution in [0, 0.1) is 0 Å². The molecule has 0 aliphatic heterocycles. The lowest BCUT2D eigenvalue weighted by atomic mass is 9.93. The Bertz CT molecular complexity index is 1790. The second-order valence-electron chi connectivity index (χ2n) is 8.49. The summed E-state index contributed by atoms with van der Waals surface area (Å²) in [5.74, 6) is 0. The molecule has 0 amide bonds. The van der Waals surface area contributed by atoms with Crippen molar-refractivity contribution < 1.29 is 0 Å². The first-order valence-corrected chi connectivity index (χ1v) is 11.2. The minimum absolute atomic E-state index is 1.17. The summed E-state index contributed by atoms with van der Waals surface area (Å²) < 4.78 is 2.37. The second-order valence-corrected chi connectivity index (χ2v) is 8.49. The topological polar surface area (TPSA) is 17.8 Å². The van der Waals surface area contributed by atoms with Gasteiger partial charge in [-0.25, -0.2) is 0 Å². The highest BCUT2D eigenvalue weighted by molar-refractivity contribution is 6.20. The average molecular weight is 421 g/mol. The molecule has 0 radical (unpaired) electrons. The Morgan fingerprint density at radius 1 is 0.515 bits per heavy atom. The number of pyridine rings is 1. The van der Waals surface area contributed by atoms with E-state index in [1.807, 2.05) is 12.4 Å². The van der Waals surface area contributed by atoms with Crippen LogP contribution in [0.4, 0.5) is 0 Å². The molecule has 7 rings (SSSR count). The van der Waals surface area contributed by atoms with E-state index in [9.17, 15) is 0 Å². The number of rotatable bonds is 2. The van der Waals surface area contributed by atoms with Crippen molar-refractivity contribution in [3.63, 3.8) is 0 Å². The minimum Gasteiger partial charge on any atom is -0.309 e. The van der Waals surface area contributed by atoms with Crippen molar-refractivity contribution in [1.29, 1.82) is 0 Å². The molecular formula is C31H20N2. The molecule has 2 heteroatoms. The highest BCUT2D eigenvalue weighted by Gasteiger charge is 2.15. The van der Waals surface area contributed by atoms with Crippen LogP contribution < -0.4 is 0 Å². The third-order valence-corrected chi connectivity index (χ3v) is 6.64. The van der Waals surface area contributed by atoms with E-state index in [-0.39, 0.29) is 0 Å². The first-order chi connectivity index (χ1) is 16.4. The van der Waals surface area contributed by atoms with Gasteiger partial charge in [0.2, 0.25) is 0 Å². The van der Waals surface area contributed by atoms with Crippen molar-refractivity contribution in [1.82, 2.24) is 9.55 Å². The zero-order valence-corrected chi connectivity index (χ0v) is 17.9. The zero-order chi connectivity index (χ0) is 21.8. The van der Waals surface area contributed by atoms with Gasteiger partial charge in [-0.05, 0) is 69.8 Å². The quantitative estimate of drug-likeness (QED) is 0.258. The lowest BCUT2D eigenvalue weighted by Crippen LogP contribution is -1.93. The summed E-state index contributed by atoms with van der Waals surface area (Å²) in [5.41, 5.74) is 6.08. The molecule has 0 N–H and O–H groups in total. The maximum absolute atomic E-state index is 4.49. The summed E-state index contributed by atoms with van der Waals surface area (Å²) in [6.45, 7) is 0. The van der Waals surface area contributed by atoms with Crippen LogP contribution in [-0.4, -0.2) is 9.55 Å². The Labute approximate surface area is 191 Å². The third kappa shape index (κ3) is 2.71. The summed E-state index contributed by atoms with van der Waals surface area (Å²) in [7, 11) is 0. The van der Waals surface area contributed by atoms with Gasteiger partial charge in [0.1, 0.15) is 0 Å². The highest BCUT2D eigenvalue weighted by Crippen LogP contribution is 2.39. The van der Waals surface area contributed by atoms with Crippen LogP contribution in [0.3, 0.4) is 0 Å². The fourth-order valence-electron chi connectivity index (χ4n) is 5.17. The minimum atomic E-state index is 1.17. The number of benzene rings is 5. The lowest BCUT2D eigenvalue weighted by Gasteiger charge is -2.12. The monoisotopic (exact) mass is 420 g/mol. The fourth-order valence-corrected chi connectivity index (χ4v) is 5.17. The number of para-hydroxylation sites is 2. The second kappa shape index (κ2) is 7.04. The van der Waals surface area contributed by atoms with Crippen LogP contribution >= 0.6 is 0 Å². The van der Waals surface area contributed by atoms with Gasteiger partial charge in [-0.1, -0.05) is 66.7 Å². The van der Waals surface area contributed by atoms with Crippen molar-refractivity contribution in [2.24, 2.45) is 0 Å². The molecule has 0 aliphatic carbocycles. The molecule has 5 aromatic carbocycles. The Morgan fingerprint density at radius 2 is 1.27 bits per heavy atom. The maximum Gasteiger partial charge on any atom is 0.0547 e. The van der Waals surface area contributed by atoms with E-state index in [0.29, 0.717) is 0 Å². The summed E-state index contributed by atoms with van der Waals surface area (Å²) >= 11 is 0.